The minimum atomic E-state index is -0.740. The number of piperidine rings is 1. The third kappa shape index (κ3) is 5.30. The second-order valence-corrected chi connectivity index (χ2v) is 6.83. The molecule has 1 heterocycles. The maximum Gasteiger partial charge on any atom is 0.307 e. The quantitative estimate of drug-likeness (QED) is 0.777. The second-order valence-electron chi connectivity index (χ2n) is 6.83. The molecule has 2 N–H and O–H groups in total. The van der Waals surface area contributed by atoms with Crippen LogP contribution in [-0.4, -0.2) is 47.6 Å². The molecule has 2 unspecified atom stereocenters. The largest absolute Gasteiger partial charge is 0.481 e. The lowest BCUT2D eigenvalue weighted by Gasteiger charge is -2.34. The first-order valence-corrected chi connectivity index (χ1v) is 8.29. The van der Waals surface area contributed by atoms with E-state index in [9.17, 15) is 14.7 Å². The smallest absolute Gasteiger partial charge is 0.307 e. The van der Waals surface area contributed by atoms with Gasteiger partial charge in [-0.3, -0.25) is 14.5 Å². The highest BCUT2D eigenvalue weighted by Gasteiger charge is 2.30. The molecule has 0 bridgehead atoms. The molecule has 21 heavy (non-hydrogen) atoms. The van der Waals surface area contributed by atoms with E-state index in [0.29, 0.717) is 25.0 Å². The molecule has 5 nitrogen and oxygen atoms in total. The number of amides is 1. The van der Waals surface area contributed by atoms with Crippen molar-refractivity contribution in [2.24, 2.45) is 11.8 Å². The number of carbonyl (C=O) groups excluding carboxylic acids is 1. The summed E-state index contributed by atoms with van der Waals surface area (Å²) >= 11 is 0. The standard InChI is InChI=1S/C16H28N2O3/c1-12-8-13(16(20)21)10-18(9-12)11-15(19)17-14-6-4-2-3-5-7-14/h12-14H,2-11H2,1H3,(H,17,19)(H,20,21). The van der Waals surface area contributed by atoms with Crippen LogP contribution in [0.15, 0.2) is 0 Å². The van der Waals surface area contributed by atoms with E-state index in [0.717, 1.165) is 25.8 Å². The molecule has 1 aliphatic carbocycles. The molecule has 0 aromatic rings. The monoisotopic (exact) mass is 296 g/mol. The molecule has 0 radical (unpaired) electrons. The summed E-state index contributed by atoms with van der Waals surface area (Å²) in [5.74, 6) is -0.680. The van der Waals surface area contributed by atoms with Crippen LogP contribution in [0.25, 0.3) is 0 Å². The average Bonchev–Trinajstić information content (AvgIpc) is 2.66. The number of likely N-dealkylation sites (tertiary alicyclic amines) is 1. The van der Waals surface area contributed by atoms with E-state index < -0.39 is 5.97 Å². The zero-order chi connectivity index (χ0) is 15.2. The lowest BCUT2D eigenvalue weighted by Crippen LogP contribution is -2.48. The summed E-state index contributed by atoms with van der Waals surface area (Å²) in [6, 6.07) is 0.317. The molecule has 1 saturated heterocycles. The van der Waals surface area contributed by atoms with Gasteiger partial charge in [0.15, 0.2) is 0 Å². The number of rotatable bonds is 4. The van der Waals surface area contributed by atoms with Gasteiger partial charge in [-0.15, -0.1) is 0 Å². The molecular weight excluding hydrogens is 268 g/mol. The number of carboxylic acids is 1. The summed E-state index contributed by atoms with van der Waals surface area (Å²) in [6.45, 7) is 3.72. The molecular formula is C16H28N2O3. The average molecular weight is 296 g/mol. The molecule has 5 heteroatoms. The van der Waals surface area contributed by atoms with Crippen LogP contribution in [-0.2, 0) is 9.59 Å². The number of nitrogens with one attached hydrogen (secondary N) is 1. The van der Waals surface area contributed by atoms with Gasteiger partial charge in [-0.1, -0.05) is 32.6 Å². The number of carboxylic acid groups (broad SMARTS) is 1. The van der Waals surface area contributed by atoms with Crippen molar-refractivity contribution in [3.63, 3.8) is 0 Å². The Labute approximate surface area is 127 Å². The summed E-state index contributed by atoms with van der Waals surface area (Å²) in [7, 11) is 0. The number of hydrogen-bond acceptors (Lipinski definition) is 3. The van der Waals surface area contributed by atoms with Gasteiger partial charge in [0.2, 0.25) is 5.91 Å². The zero-order valence-corrected chi connectivity index (χ0v) is 13.0. The normalized spacial score (nSPS) is 28.8. The van der Waals surface area contributed by atoms with Crippen LogP contribution in [0.1, 0.15) is 51.9 Å². The van der Waals surface area contributed by atoms with E-state index >= 15 is 0 Å². The van der Waals surface area contributed by atoms with Crippen LogP contribution in [0.4, 0.5) is 0 Å². The first kappa shape index (κ1) is 16.3. The zero-order valence-electron chi connectivity index (χ0n) is 13.0. The fraction of sp³-hybridized carbons (Fsp3) is 0.875. The molecule has 120 valence electrons. The van der Waals surface area contributed by atoms with E-state index in [2.05, 4.69) is 12.2 Å². The predicted octanol–water partition coefficient (Wildman–Crippen LogP) is 1.87. The highest BCUT2D eigenvalue weighted by Crippen LogP contribution is 2.22. The van der Waals surface area contributed by atoms with Gasteiger partial charge >= 0.3 is 5.97 Å². The fourth-order valence-electron chi connectivity index (χ4n) is 3.67. The first-order valence-electron chi connectivity index (χ1n) is 8.29. The Kier molecular flexibility index (Phi) is 6.03. The predicted molar refractivity (Wildman–Crippen MR) is 81.0 cm³/mol. The van der Waals surface area contributed by atoms with Crippen molar-refractivity contribution in [2.75, 3.05) is 19.6 Å². The van der Waals surface area contributed by atoms with Crippen molar-refractivity contribution < 1.29 is 14.7 Å². The summed E-state index contributed by atoms with van der Waals surface area (Å²) < 4.78 is 0. The van der Waals surface area contributed by atoms with Gasteiger partial charge in [-0.05, 0) is 25.2 Å². The SMILES string of the molecule is CC1CC(C(=O)O)CN(CC(=O)NC2CCCCCC2)C1. The Hall–Kier alpha value is -1.10. The molecule has 0 aromatic heterocycles. The highest BCUT2D eigenvalue weighted by molar-refractivity contribution is 5.78. The van der Waals surface area contributed by atoms with E-state index in [4.69, 9.17) is 0 Å². The van der Waals surface area contributed by atoms with Gasteiger partial charge < -0.3 is 10.4 Å². The molecule has 1 saturated carbocycles. The molecule has 2 aliphatic rings. The summed E-state index contributed by atoms with van der Waals surface area (Å²) in [5.41, 5.74) is 0. The van der Waals surface area contributed by atoms with Crippen LogP contribution < -0.4 is 5.32 Å². The molecule has 0 spiro atoms. The van der Waals surface area contributed by atoms with Crippen molar-refractivity contribution in [3.8, 4) is 0 Å². The van der Waals surface area contributed by atoms with Gasteiger partial charge in [-0.25, -0.2) is 0 Å². The maximum absolute atomic E-state index is 12.2. The third-order valence-electron chi connectivity index (χ3n) is 4.67. The Balaban J connectivity index is 1.79. The summed E-state index contributed by atoms with van der Waals surface area (Å²) in [6.07, 6.45) is 7.84. The third-order valence-corrected chi connectivity index (χ3v) is 4.67. The van der Waals surface area contributed by atoms with Crippen LogP contribution in [0.5, 0.6) is 0 Å². The maximum atomic E-state index is 12.2. The van der Waals surface area contributed by atoms with Crippen LogP contribution in [0.2, 0.25) is 0 Å². The first-order chi connectivity index (χ1) is 10.0. The lowest BCUT2D eigenvalue weighted by molar-refractivity contribution is -0.145. The number of nitrogens with zero attached hydrogens (tertiary/aromatic N) is 1. The van der Waals surface area contributed by atoms with Gasteiger partial charge in [0, 0.05) is 19.1 Å². The lowest BCUT2D eigenvalue weighted by atomic mass is 9.90. The molecule has 0 aromatic carbocycles. The van der Waals surface area contributed by atoms with Crippen molar-refractivity contribution in [1.29, 1.82) is 0 Å². The topological polar surface area (TPSA) is 69.6 Å². The van der Waals surface area contributed by atoms with Crippen molar-refractivity contribution >= 4 is 11.9 Å². The molecule has 1 amide bonds. The Morgan fingerprint density at radius 2 is 1.81 bits per heavy atom. The minimum absolute atomic E-state index is 0.0557. The molecule has 1 aliphatic heterocycles. The van der Waals surface area contributed by atoms with E-state index in [1.807, 2.05) is 4.90 Å². The Morgan fingerprint density at radius 3 is 2.43 bits per heavy atom. The number of aliphatic carboxylic acids is 1. The second kappa shape index (κ2) is 7.78. The van der Waals surface area contributed by atoms with Crippen LogP contribution in [0.3, 0.4) is 0 Å². The van der Waals surface area contributed by atoms with Gasteiger partial charge in [-0.2, -0.15) is 0 Å². The summed E-state index contributed by atoms with van der Waals surface area (Å²) in [4.78, 5) is 25.3. The highest BCUT2D eigenvalue weighted by atomic mass is 16.4. The van der Waals surface area contributed by atoms with E-state index in [-0.39, 0.29) is 11.8 Å². The van der Waals surface area contributed by atoms with Crippen molar-refractivity contribution in [3.05, 3.63) is 0 Å². The fourth-order valence-corrected chi connectivity index (χ4v) is 3.67. The van der Waals surface area contributed by atoms with E-state index in [1.54, 1.807) is 0 Å². The number of carbonyl (C=O) groups is 2. The Bertz CT molecular complexity index is 365. The van der Waals surface area contributed by atoms with Gasteiger partial charge in [0.25, 0.3) is 0 Å². The van der Waals surface area contributed by atoms with Gasteiger partial charge in [0.1, 0.15) is 0 Å². The molecule has 2 fully saturated rings. The minimum Gasteiger partial charge on any atom is -0.481 e. The van der Waals surface area contributed by atoms with Gasteiger partial charge in [0.05, 0.1) is 12.5 Å². The van der Waals surface area contributed by atoms with Crippen molar-refractivity contribution in [2.45, 2.75) is 57.9 Å². The Morgan fingerprint density at radius 1 is 1.14 bits per heavy atom. The van der Waals surface area contributed by atoms with Crippen molar-refractivity contribution in [1.82, 2.24) is 10.2 Å². The van der Waals surface area contributed by atoms with Crippen LogP contribution in [0, 0.1) is 11.8 Å². The molecule has 2 atom stereocenters. The summed E-state index contributed by atoms with van der Waals surface area (Å²) in [5, 5.41) is 12.3. The number of hydrogen-bond donors (Lipinski definition) is 2. The van der Waals surface area contributed by atoms with E-state index in [1.165, 1.54) is 25.7 Å². The molecule has 2 rings (SSSR count). The van der Waals surface area contributed by atoms with Crippen LogP contribution >= 0.6 is 0 Å².